The number of hydrogen-bond donors (Lipinski definition) is 0. The molecular weight excluding hydrogens is 292 g/mol. The van der Waals surface area contributed by atoms with Crippen molar-refractivity contribution in [3.05, 3.63) is 10.6 Å². The third-order valence-corrected chi connectivity index (χ3v) is 4.31. The van der Waals surface area contributed by atoms with Crippen LogP contribution < -0.4 is 4.90 Å². The number of nitrogens with zero attached hydrogens (tertiary/aromatic N) is 2. The van der Waals surface area contributed by atoms with Gasteiger partial charge in [-0.3, -0.25) is 14.5 Å². The topological polar surface area (TPSA) is 50.3 Å². The van der Waals surface area contributed by atoms with Crippen LogP contribution in [0.2, 0.25) is 0 Å². The second-order valence-corrected chi connectivity index (χ2v) is 6.05. The van der Waals surface area contributed by atoms with Crippen molar-refractivity contribution < 1.29 is 9.59 Å². The molecule has 0 N–H and O–H groups in total. The van der Waals surface area contributed by atoms with Crippen molar-refractivity contribution in [2.24, 2.45) is 0 Å². The Morgan fingerprint density at radius 1 is 1.62 bits per heavy atom. The Labute approximate surface area is 106 Å². The van der Waals surface area contributed by atoms with E-state index in [1.807, 2.05) is 0 Å². The maximum atomic E-state index is 11.7. The van der Waals surface area contributed by atoms with E-state index in [4.69, 9.17) is 0 Å². The number of Topliss-reactive ketones (excluding diaryl/α,β-unsaturated/α-hetero) is 1. The molecule has 0 aliphatic carbocycles. The first-order valence-corrected chi connectivity index (χ1v) is 6.65. The molecular formula is C10H11BrN2O2S. The predicted molar refractivity (Wildman–Crippen MR) is 66.5 cm³/mol. The summed E-state index contributed by atoms with van der Waals surface area (Å²) in [5.41, 5.74) is 0.707. The number of carbonyl (C=O) groups is 2. The van der Waals surface area contributed by atoms with Crippen molar-refractivity contribution in [3.63, 3.8) is 0 Å². The number of anilines is 1. The molecule has 1 fully saturated rings. The quantitative estimate of drug-likeness (QED) is 0.621. The Balaban J connectivity index is 2.31. The minimum absolute atomic E-state index is 0.00304. The highest BCUT2D eigenvalue weighted by atomic mass is 79.9. The number of ketones is 1. The minimum Gasteiger partial charge on any atom is -0.294 e. The fourth-order valence-corrected chi connectivity index (χ4v) is 3.23. The average molecular weight is 303 g/mol. The average Bonchev–Trinajstić information content (AvgIpc) is 2.69. The molecule has 4 nitrogen and oxygen atoms in total. The van der Waals surface area contributed by atoms with Crippen molar-refractivity contribution >= 4 is 44.1 Å². The highest BCUT2D eigenvalue weighted by Crippen LogP contribution is 2.31. The van der Waals surface area contributed by atoms with Gasteiger partial charge in [-0.05, 0) is 6.92 Å². The van der Waals surface area contributed by atoms with Crippen LogP contribution in [0.4, 0.5) is 5.13 Å². The molecule has 0 aromatic carbocycles. The molecule has 1 amide bonds. The fraction of sp³-hybridized carbons (Fsp3) is 0.500. The molecule has 1 atom stereocenters. The van der Waals surface area contributed by atoms with Gasteiger partial charge >= 0.3 is 0 Å². The van der Waals surface area contributed by atoms with Gasteiger partial charge in [0, 0.05) is 24.7 Å². The van der Waals surface area contributed by atoms with Gasteiger partial charge in [0.25, 0.3) is 0 Å². The van der Waals surface area contributed by atoms with Crippen LogP contribution in [0.3, 0.4) is 0 Å². The van der Waals surface area contributed by atoms with Gasteiger partial charge in [0.1, 0.15) is 0 Å². The fourth-order valence-electron chi connectivity index (χ4n) is 1.67. The van der Waals surface area contributed by atoms with Gasteiger partial charge in [-0.25, -0.2) is 4.98 Å². The van der Waals surface area contributed by atoms with Gasteiger partial charge in [0.15, 0.2) is 10.9 Å². The third kappa shape index (κ3) is 2.04. The lowest BCUT2D eigenvalue weighted by molar-refractivity contribution is -0.117. The standard InChI is InChI=1S/C10H11BrN2O2S/c1-5-9(6(2)14)16-10(12-5)13-4-7(11)3-8(13)15/h7H,3-4H2,1-2H3. The van der Waals surface area contributed by atoms with Crippen LogP contribution in [-0.4, -0.2) is 28.0 Å². The number of rotatable bonds is 2. The van der Waals surface area contributed by atoms with Gasteiger partial charge in [0.2, 0.25) is 5.91 Å². The number of carbonyl (C=O) groups excluding carboxylic acids is 2. The number of alkyl halides is 1. The number of aryl methyl sites for hydroxylation is 1. The molecule has 1 aliphatic heterocycles. The van der Waals surface area contributed by atoms with Crippen LogP contribution in [0, 0.1) is 6.92 Å². The van der Waals surface area contributed by atoms with Crippen LogP contribution >= 0.6 is 27.3 Å². The van der Waals surface area contributed by atoms with Gasteiger partial charge in [0.05, 0.1) is 10.6 Å². The van der Waals surface area contributed by atoms with E-state index in [2.05, 4.69) is 20.9 Å². The number of hydrogen-bond acceptors (Lipinski definition) is 4. The molecule has 0 spiro atoms. The zero-order chi connectivity index (χ0) is 11.9. The van der Waals surface area contributed by atoms with Crippen LogP contribution in [0.15, 0.2) is 0 Å². The summed E-state index contributed by atoms with van der Waals surface area (Å²) < 4.78 is 0. The lowest BCUT2D eigenvalue weighted by Crippen LogP contribution is -2.24. The summed E-state index contributed by atoms with van der Waals surface area (Å²) in [4.78, 5) is 29.7. The first kappa shape index (κ1) is 11.7. The van der Waals surface area contributed by atoms with Gasteiger partial charge < -0.3 is 0 Å². The van der Waals surface area contributed by atoms with E-state index in [0.29, 0.717) is 28.7 Å². The Hall–Kier alpha value is -0.750. The number of aromatic nitrogens is 1. The zero-order valence-electron chi connectivity index (χ0n) is 8.99. The molecule has 1 aromatic heterocycles. The Bertz CT molecular complexity index is 458. The zero-order valence-corrected chi connectivity index (χ0v) is 11.4. The summed E-state index contributed by atoms with van der Waals surface area (Å²) in [6, 6.07) is 0. The maximum absolute atomic E-state index is 11.7. The first-order valence-electron chi connectivity index (χ1n) is 4.92. The molecule has 0 radical (unpaired) electrons. The summed E-state index contributed by atoms with van der Waals surface area (Å²) in [6.45, 7) is 3.94. The molecule has 2 rings (SSSR count). The smallest absolute Gasteiger partial charge is 0.230 e. The lowest BCUT2D eigenvalue weighted by atomic mass is 10.3. The SMILES string of the molecule is CC(=O)c1sc(N2CC(Br)CC2=O)nc1C. The predicted octanol–water partition coefficient (Wildman–Crippen LogP) is 2.15. The van der Waals surface area contributed by atoms with Crippen LogP contribution in [0.25, 0.3) is 0 Å². The highest BCUT2D eigenvalue weighted by Gasteiger charge is 2.31. The maximum Gasteiger partial charge on any atom is 0.230 e. The van der Waals surface area contributed by atoms with Crippen molar-refractivity contribution in [2.45, 2.75) is 25.1 Å². The lowest BCUT2D eigenvalue weighted by Gasteiger charge is -2.10. The Kier molecular flexibility index (Phi) is 3.12. The summed E-state index contributed by atoms with van der Waals surface area (Å²) >= 11 is 4.71. The molecule has 2 heterocycles. The number of halogens is 1. The largest absolute Gasteiger partial charge is 0.294 e. The second-order valence-electron chi connectivity index (χ2n) is 3.77. The molecule has 0 saturated carbocycles. The van der Waals surface area contributed by atoms with Gasteiger partial charge in [-0.1, -0.05) is 27.3 Å². The molecule has 1 aliphatic rings. The van der Waals surface area contributed by atoms with Crippen LogP contribution in [-0.2, 0) is 4.79 Å². The number of amides is 1. The summed E-state index contributed by atoms with van der Waals surface area (Å²) in [5, 5.41) is 0.634. The van der Waals surface area contributed by atoms with Gasteiger partial charge in [-0.15, -0.1) is 0 Å². The minimum atomic E-state index is 0.00304. The molecule has 16 heavy (non-hydrogen) atoms. The van der Waals surface area contributed by atoms with E-state index < -0.39 is 0 Å². The molecule has 1 unspecified atom stereocenters. The summed E-state index contributed by atoms with van der Waals surface area (Å²) in [7, 11) is 0. The van der Waals surface area contributed by atoms with Crippen LogP contribution in [0.5, 0.6) is 0 Å². The highest BCUT2D eigenvalue weighted by molar-refractivity contribution is 9.09. The van der Waals surface area contributed by atoms with Crippen molar-refractivity contribution in [3.8, 4) is 0 Å². The van der Waals surface area contributed by atoms with Gasteiger partial charge in [-0.2, -0.15) is 0 Å². The number of thiazole rings is 1. The van der Waals surface area contributed by atoms with Crippen molar-refractivity contribution in [1.82, 2.24) is 4.98 Å². The Morgan fingerprint density at radius 3 is 2.75 bits per heavy atom. The van der Waals surface area contributed by atoms with E-state index in [0.717, 1.165) is 0 Å². The van der Waals surface area contributed by atoms with E-state index in [1.165, 1.54) is 18.3 Å². The molecule has 1 saturated heterocycles. The second kappa shape index (κ2) is 4.25. The molecule has 86 valence electrons. The molecule has 1 aromatic rings. The summed E-state index contributed by atoms with van der Waals surface area (Å²) in [5.74, 6) is 0.0639. The van der Waals surface area contributed by atoms with E-state index >= 15 is 0 Å². The van der Waals surface area contributed by atoms with Crippen LogP contribution in [0.1, 0.15) is 28.7 Å². The Morgan fingerprint density at radius 2 is 2.31 bits per heavy atom. The van der Waals surface area contributed by atoms with E-state index in [1.54, 1.807) is 11.8 Å². The summed E-state index contributed by atoms with van der Waals surface area (Å²) in [6.07, 6.45) is 0.494. The molecule has 6 heteroatoms. The van der Waals surface area contributed by atoms with E-state index in [9.17, 15) is 9.59 Å². The van der Waals surface area contributed by atoms with Crippen molar-refractivity contribution in [2.75, 3.05) is 11.4 Å². The normalized spacial score (nSPS) is 20.6. The monoisotopic (exact) mass is 302 g/mol. The van der Waals surface area contributed by atoms with Crippen molar-refractivity contribution in [1.29, 1.82) is 0 Å². The third-order valence-electron chi connectivity index (χ3n) is 2.41. The van der Waals surface area contributed by atoms with E-state index in [-0.39, 0.29) is 16.5 Å². The molecule has 0 bridgehead atoms. The first-order chi connectivity index (χ1) is 7.49.